The van der Waals surface area contributed by atoms with Crippen LogP contribution in [0.1, 0.15) is 18.4 Å². The minimum Gasteiger partial charge on any atom is -0.357 e. The summed E-state index contributed by atoms with van der Waals surface area (Å²) in [5.41, 5.74) is 2.87. The zero-order chi connectivity index (χ0) is 16.5. The van der Waals surface area contributed by atoms with Crippen LogP contribution in [0.25, 0.3) is 0 Å². The summed E-state index contributed by atoms with van der Waals surface area (Å²) >= 11 is 0. The van der Waals surface area contributed by atoms with E-state index in [-0.39, 0.29) is 6.03 Å². The fourth-order valence-electron chi connectivity index (χ4n) is 3.43. The fraction of sp³-hybridized carbons (Fsp3) is 0.389. The fourth-order valence-corrected chi connectivity index (χ4v) is 3.43. The lowest BCUT2D eigenvalue weighted by atomic mass is 10.2. The summed E-state index contributed by atoms with van der Waals surface area (Å²) in [6, 6.07) is 5.88. The zero-order valence-electron chi connectivity index (χ0n) is 13.9. The van der Waals surface area contributed by atoms with E-state index < -0.39 is 0 Å². The molecule has 4 rings (SSSR count). The van der Waals surface area contributed by atoms with Crippen molar-refractivity contribution in [3.63, 3.8) is 0 Å². The first-order valence-corrected chi connectivity index (χ1v) is 8.45. The molecule has 4 heterocycles. The Morgan fingerprint density at radius 2 is 1.79 bits per heavy atom. The highest BCUT2D eigenvalue weighted by atomic mass is 16.2. The zero-order valence-corrected chi connectivity index (χ0v) is 13.9. The number of aromatic nitrogens is 2. The highest BCUT2D eigenvalue weighted by Crippen LogP contribution is 2.29. The van der Waals surface area contributed by atoms with Gasteiger partial charge in [-0.1, -0.05) is 0 Å². The number of pyridine rings is 2. The molecule has 2 aliphatic rings. The van der Waals surface area contributed by atoms with Crippen LogP contribution in [-0.2, 0) is 0 Å². The molecule has 2 fully saturated rings. The first kappa shape index (κ1) is 14.9. The minimum atomic E-state index is 0.00433. The van der Waals surface area contributed by atoms with Gasteiger partial charge in [-0.15, -0.1) is 0 Å². The van der Waals surface area contributed by atoms with Gasteiger partial charge in [0.15, 0.2) is 0 Å². The number of urea groups is 1. The van der Waals surface area contributed by atoms with Crippen LogP contribution in [0.4, 0.5) is 22.0 Å². The SMILES string of the molecule is Cc1ccncc1N1CCN(c2ccnc(N3CCCC3)c2)C1=O. The minimum absolute atomic E-state index is 0.00433. The van der Waals surface area contributed by atoms with Crippen LogP contribution >= 0.6 is 0 Å². The van der Waals surface area contributed by atoms with Crippen LogP contribution in [0.3, 0.4) is 0 Å². The molecule has 24 heavy (non-hydrogen) atoms. The van der Waals surface area contributed by atoms with Gasteiger partial charge in [0.25, 0.3) is 0 Å². The molecule has 2 aromatic rings. The van der Waals surface area contributed by atoms with Gasteiger partial charge in [-0.05, 0) is 37.5 Å². The molecule has 0 aromatic carbocycles. The van der Waals surface area contributed by atoms with Gasteiger partial charge in [-0.2, -0.15) is 0 Å². The van der Waals surface area contributed by atoms with E-state index in [0.717, 1.165) is 35.8 Å². The number of nitrogens with zero attached hydrogens (tertiary/aromatic N) is 5. The second-order valence-corrected chi connectivity index (χ2v) is 6.31. The third kappa shape index (κ3) is 2.58. The molecule has 0 unspecified atom stereocenters. The number of carbonyl (C=O) groups excluding carboxylic acids is 1. The molecular formula is C18H21N5O. The molecule has 0 aliphatic carbocycles. The lowest BCUT2D eigenvalue weighted by Crippen LogP contribution is -2.32. The summed E-state index contributed by atoms with van der Waals surface area (Å²) in [4.78, 5) is 27.4. The summed E-state index contributed by atoms with van der Waals surface area (Å²) in [5, 5.41) is 0. The molecule has 124 valence electrons. The summed E-state index contributed by atoms with van der Waals surface area (Å²) in [6.07, 6.45) is 7.74. The molecule has 0 atom stereocenters. The number of rotatable bonds is 3. The third-order valence-corrected chi connectivity index (χ3v) is 4.78. The maximum atomic E-state index is 12.9. The van der Waals surface area contributed by atoms with Crippen molar-refractivity contribution < 1.29 is 4.79 Å². The van der Waals surface area contributed by atoms with E-state index in [0.29, 0.717) is 13.1 Å². The van der Waals surface area contributed by atoms with Gasteiger partial charge in [-0.25, -0.2) is 9.78 Å². The Balaban J connectivity index is 1.58. The van der Waals surface area contributed by atoms with Crippen molar-refractivity contribution in [1.29, 1.82) is 0 Å². The predicted molar refractivity (Wildman–Crippen MR) is 94.7 cm³/mol. The summed E-state index contributed by atoms with van der Waals surface area (Å²) in [6.45, 7) is 5.45. The van der Waals surface area contributed by atoms with Crippen LogP contribution in [0, 0.1) is 6.92 Å². The summed E-state index contributed by atoms with van der Waals surface area (Å²) < 4.78 is 0. The highest BCUT2D eigenvalue weighted by molar-refractivity contribution is 6.06. The van der Waals surface area contributed by atoms with E-state index in [1.54, 1.807) is 23.5 Å². The van der Waals surface area contributed by atoms with E-state index >= 15 is 0 Å². The number of hydrogen-bond donors (Lipinski definition) is 0. The van der Waals surface area contributed by atoms with E-state index in [1.165, 1.54) is 12.8 Å². The maximum Gasteiger partial charge on any atom is 0.329 e. The number of hydrogen-bond acceptors (Lipinski definition) is 4. The summed E-state index contributed by atoms with van der Waals surface area (Å²) in [7, 11) is 0. The van der Waals surface area contributed by atoms with Crippen molar-refractivity contribution in [3.8, 4) is 0 Å². The first-order chi connectivity index (χ1) is 11.7. The molecule has 6 nitrogen and oxygen atoms in total. The smallest absolute Gasteiger partial charge is 0.329 e. The molecule has 0 N–H and O–H groups in total. The molecule has 2 amide bonds. The van der Waals surface area contributed by atoms with Gasteiger partial charge in [0.05, 0.1) is 17.6 Å². The van der Waals surface area contributed by atoms with Crippen molar-refractivity contribution in [2.45, 2.75) is 19.8 Å². The quantitative estimate of drug-likeness (QED) is 0.871. The van der Waals surface area contributed by atoms with Gasteiger partial charge < -0.3 is 4.90 Å². The Labute approximate surface area is 141 Å². The molecule has 0 bridgehead atoms. The Bertz CT molecular complexity index is 757. The van der Waals surface area contributed by atoms with Gasteiger partial charge in [0.1, 0.15) is 5.82 Å². The molecule has 2 saturated heterocycles. The topological polar surface area (TPSA) is 52.6 Å². The van der Waals surface area contributed by atoms with Gasteiger partial charge in [0, 0.05) is 44.6 Å². The van der Waals surface area contributed by atoms with Gasteiger partial charge >= 0.3 is 6.03 Å². The lowest BCUT2D eigenvalue weighted by Gasteiger charge is -2.22. The molecule has 2 aliphatic heterocycles. The van der Waals surface area contributed by atoms with Crippen molar-refractivity contribution in [1.82, 2.24) is 9.97 Å². The monoisotopic (exact) mass is 323 g/mol. The summed E-state index contributed by atoms with van der Waals surface area (Å²) in [5.74, 6) is 0.966. The first-order valence-electron chi connectivity index (χ1n) is 8.45. The second kappa shape index (κ2) is 6.11. The standard InChI is InChI=1S/C18H21N5O/c1-14-4-6-19-13-16(14)23-11-10-22(18(23)24)15-5-7-20-17(12-15)21-8-2-3-9-21/h4-7,12-13H,2-3,8-11H2,1H3. The van der Waals surface area contributed by atoms with Crippen LogP contribution in [0.15, 0.2) is 36.8 Å². The van der Waals surface area contributed by atoms with Crippen molar-refractivity contribution in [3.05, 3.63) is 42.4 Å². The average Bonchev–Trinajstić information content (AvgIpc) is 3.26. The molecule has 0 spiro atoms. The number of anilines is 3. The number of amides is 2. The molecule has 2 aromatic heterocycles. The Hall–Kier alpha value is -2.63. The Morgan fingerprint density at radius 3 is 2.58 bits per heavy atom. The number of aryl methyl sites for hydroxylation is 1. The molecule has 0 radical (unpaired) electrons. The van der Waals surface area contributed by atoms with Crippen molar-refractivity contribution in [2.75, 3.05) is 40.9 Å². The van der Waals surface area contributed by atoms with Gasteiger partial charge in [0.2, 0.25) is 0 Å². The van der Waals surface area contributed by atoms with Crippen LogP contribution < -0.4 is 14.7 Å². The van der Waals surface area contributed by atoms with Crippen LogP contribution in [0.5, 0.6) is 0 Å². The molecule has 0 saturated carbocycles. The van der Waals surface area contributed by atoms with E-state index in [4.69, 9.17) is 0 Å². The Kier molecular flexibility index (Phi) is 3.80. The average molecular weight is 323 g/mol. The van der Waals surface area contributed by atoms with E-state index in [9.17, 15) is 4.79 Å². The third-order valence-electron chi connectivity index (χ3n) is 4.78. The molecular weight excluding hydrogens is 302 g/mol. The van der Waals surface area contributed by atoms with E-state index in [2.05, 4.69) is 14.9 Å². The maximum absolute atomic E-state index is 12.9. The number of carbonyl (C=O) groups is 1. The van der Waals surface area contributed by atoms with Crippen LogP contribution in [-0.4, -0.2) is 42.2 Å². The Morgan fingerprint density at radius 1 is 1.00 bits per heavy atom. The van der Waals surface area contributed by atoms with Crippen molar-refractivity contribution >= 4 is 23.2 Å². The van der Waals surface area contributed by atoms with Gasteiger partial charge in [-0.3, -0.25) is 14.8 Å². The second-order valence-electron chi connectivity index (χ2n) is 6.31. The molecule has 6 heteroatoms. The van der Waals surface area contributed by atoms with Crippen LogP contribution in [0.2, 0.25) is 0 Å². The normalized spacial score (nSPS) is 17.9. The van der Waals surface area contributed by atoms with E-state index in [1.807, 2.05) is 30.0 Å². The highest BCUT2D eigenvalue weighted by Gasteiger charge is 2.32. The lowest BCUT2D eigenvalue weighted by molar-refractivity contribution is 0.256. The predicted octanol–water partition coefficient (Wildman–Crippen LogP) is 2.83. The largest absolute Gasteiger partial charge is 0.357 e. The van der Waals surface area contributed by atoms with Crippen molar-refractivity contribution in [2.24, 2.45) is 0 Å².